The summed E-state index contributed by atoms with van der Waals surface area (Å²) in [5, 5.41) is 3.80. The molecule has 2 aliphatic rings. The average Bonchev–Trinajstić information content (AvgIpc) is 2.95. The molecule has 1 N–H and O–H groups in total. The molecule has 100 valence electrons. The summed E-state index contributed by atoms with van der Waals surface area (Å²) in [5.74, 6) is 2.94. The van der Waals surface area contributed by atoms with Crippen LogP contribution in [0.3, 0.4) is 0 Å². The van der Waals surface area contributed by atoms with Crippen molar-refractivity contribution in [3.63, 3.8) is 0 Å². The number of hydrogen-bond acceptors (Lipinski definition) is 1. The molecule has 2 fully saturated rings. The van der Waals surface area contributed by atoms with Crippen molar-refractivity contribution < 1.29 is 0 Å². The van der Waals surface area contributed by atoms with Crippen LogP contribution in [0.5, 0.6) is 0 Å². The maximum atomic E-state index is 3.80. The third-order valence-electron chi connectivity index (χ3n) is 5.44. The van der Waals surface area contributed by atoms with Crippen molar-refractivity contribution in [3.8, 4) is 0 Å². The van der Waals surface area contributed by atoms with Gasteiger partial charge in [0.15, 0.2) is 0 Å². The number of rotatable bonds is 5. The van der Waals surface area contributed by atoms with Gasteiger partial charge in [0.25, 0.3) is 0 Å². The topological polar surface area (TPSA) is 12.0 Å². The molecule has 0 aromatic rings. The molecule has 0 aliphatic heterocycles. The molecule has 0 aromatic heterocycles. The van der Waals surface area contributed by atoms with Gasteiger partial charge in [-0.25, -0.2) is 0 Å². The van der Waals surface area contributed by atoms with E-state index < -0.39 is 0 Å². The van der Waals surface area contributed by atoms with Crippen LogP contribution in [-0.2, 0) is 0 Å². The molecule has 17 heavy (non-hydrogen) atoms. The van der Waals surface area contributed by atoms with E-state index >= 15 is 0 Å². The third-order valence-corrected chi connectivity index (χ3v) is 5.44. The Kier molecular flexibility index (Phi) is 4.18. The van der Waals surface area contributed by atoms with Gasteiger partial charge in [0.05, 0.1) is 0 Å². The van der Waals surface area contributed by atoms with Gasteiger partial charge in [0.2, 0.25) is 0 Å². The predicted octanol–water partition coefficient (Wildman–Crippen LogP) is 4.23. The van der Waals surface area contributed by atoms with E-state index in [1.807, 2.05) is 0 Å². The minimum absolute atomic E-state index is 0.619. The summed E-state index contributed by atoms with van der Waals surface area (Å²) < 4.78 is 0. The van der Waals surface area contributed by atoms with Crippen LogP contribution >= 0.6 is 0 Å². The van der Waals surface area contributed by atoms with E-state index in [1.54, 1.807) is 0 Å². The first kappa shape index (κ1) is 13.4. The molecule has 2 atom stereocenters. The second-order valence-electron chi connectivity index (χ2n) is 7.07. The molecule has 2 aliphatic carbocycles. The summed E-state index contributed by atoms with van der Waals surface area (Å²) in [6.45, 7) is 10.7. The molecular formula is C16H31N. The fourth-order valence-corrected chi connectivity index (χ4v) is 3.95. The first-order valence-electron chi connectivity index (χ1n) is 7.81. The molecule has 2 unspecified atom stereocenters. The maximum absolute atomic E-state index is 3.80. The SMILES string of the molecule is CCNC(C1CCC(CC)CC1)C1CC1(C)C. The average molecular weight is 237 g/mol. The van der Waals surface area contributed by atoms with E-state index in [9.17, 15) is 0 Å². The quantitative estimate of drug-likeness (QED) is 0.754. The van der Waals surface area contributed by atoms with Crippen LogP contribution in [0.15, 0.2) is 0 Å². The number of hydrogen-bond donors (Lipinski definition) is 1. The summed E-state index contributed by atoms with van der Waals surface area (Å²) in [5.41, 5.74) is 0.619. The molecule has 2 saturated carbocycles. The smallest absolute Gasteiger partial charge is 0.0129 e. The summed E-state index contributed by atoms with van der Waals surface area (Å²) >= 11 is 0. The van der Waals surface area contributed by atoms with E-state index in [4.69, 9.17) is 0 Å². The van der Waals surface area contributed by atoms with Gasteiger partial charge in [-0.15, -0.1) is 0 Å². The van der Waals surface area contributed by atoms with Crippen LogP contribution in [0.4, 0.5) is 0 Å². The summed E-state index contributed by atoms with van der Waals surface area (Å²) in [7, 11) is 0. The highest BCUT2D eigenvalue weighted by Gasteiger charge is 2.51. The van der Waals surface area contributed by atoms with Gasteiger partial charge in [-0.3, -0.25) is 0 Å². The Morgan fingerprint density at radius 3 is 2.12 bits per heavy atom. The van der Waals surface area contributed by atoms with Crippen molar-refractivity contribution in [1.29, 1.82) is 0 Å². The summed E-state index contributed by atoms with van der Waals surface area (Å²) in [6.07, 6.45) is 8.75. The molecule has 0 spiro atoms. The standard InChI is InChI=1S/C16H31N/c1-5-12-7-9-13(10-8-12)15(17-6-2)14-11-16(14,3)4/h12-15,17H,5-11H2,1-4H3. The Balaban J connectivity index is 1.89. The molecule has 0 bridgehead atoms. The predicted molar refractivity (Wildman–Crippen MR) is 75.1 cm³/mol. The maximum Gasteiger partial charge on any atom is 0.0129 e. The summed E-state index contributed by atoms with van der Waals surface area (Å²) in [4.78, 5) is 0. The van der Waals surface area contributed by atoms with Crippen LogP contribution in [-0.4, -0.2) is 12.6 Å². The highest BCUT2D eigenvalue weighted by molar-refractivity contribution is 5.04. The van der Waals surface area contributed by atoms with E-state index in [0.717, 1.165) is 30.3 Å². The van der Waals surface area contributed by atoms with Crippen molar-refractivity contribution in [2.24, 2.45) is 23.2 Å². The molecule has 0 aromatic carbocycles. The Morgan fingerprint density at radius 2 is 1.71 bits per heavy atom. The van der Waals surface area contributed by atoms with E-state index in [1.165, 1.54) is 38.5 Å². The fourth-order valence-electron chi connectivity index (χ4n) is 3.95. The molecule has 0 radical (unpaired) electrons. The molecule has 2 rings (SSSR count). The van der Waals surface area contributed by atoms with Gasteiger partial charge in [-0.1, -0.05) is 47.0 Å². The fraction of sp³-hybridized carbons (Fsp3) is 1.00. The number of nitrogens with one attached hydrogen (secondary N) is 1. The Bertz CT molecular complexity index is 238. The van der Waals surface area contributed by atoms with Crippen molar-refractivity contribution in [1.82, 2.24) is 5.32 Å². The lowest BCUT2D eigenvalue weighted by Gasteiger charge is -2.35. The second kappa shape index (κ2) is 5.30. The highest BCUT2D eigenvalue weighted by Crippen LogP contribution is 2.56. The van der Waals surface area contributed by atoms with E-state index in [2.05, 4.69) is 33.0 Å². The zero-order valence-corrected chi connectivity index (χ0v) is 12.3. The second-order valence-corrected chi connectivity index (χ2v) is 7.07. The molecule has 0 amide bonds. The Labute approximate surface area is 108 Å². The van der Waals surface area contributed by atoms with Crippen LogP contribution in [0.2, 0.25) is 0 Å². The monoisotopic (exact) mass is 237 g/mol. The van der Waals surface area contributed by atoms with E-state index in [-0.39, 0.29) is 0 Å². The molecular weight excluding hydrogens is 206 g/mol. The Morgan fingerprint density at radius 1 is 1.12 bits per heavy atom. The lowest BCUT2D eigenvalue weighted by molar-refractivity contribution is 0.195. The molecule has 1 nitrogen and oxygen atoms in total. The minimum Gasteiger partial charge on any atom is -0.314 e. The van der Waals surface area contributed by atoms with Crippen molar-refractivity contribution in [2.45, 2.75) is 72.3 Å². The van der Waals surface area contributed by atoms with Crippen molar-refractivity contribution in [2.75, 3.05) is 6.54 Å². The van der Waals surface area contributed by atoms with Crippen LogP contribution in [0.25, 0.3) is 0 Å². The zero-order chi connectivity index (χ0) is 12.5. The van der Waals surface area contributed by atoms with Crippen molar-refractivity contribution in [3.05, 3.63) is 0 Å². The minimum atomic E-state index is 0.619. The van der Waals surface area contributed by atoms with Gasteiger partial charge in [0, 0.05) is 6.04 Å². The van der Waals surface area contributed by atoms with Crippen LogP contribution in [0.1, 0.15) is 66.2 Å². The van der Waals surface area contributed by atoms with Crippen LogP contribution < -0.4 is 5.32 Å². The third kappa shape index (κ3) is 3.05. The van der Waals surface area contributed by atoms with E-state index in [0.29, 0.717) is 5.41 Å². The van der Waals surface area contributed by atoms with Gasteiger partial charge in [-0.05, 0) is 49.0 Å². The van der Waals surface area contributed by atoms with Gasteiger partial charge < -0.3 is 5.32 Å². The molecule has 1 heteroatoms. The zero-order valence-electron chi connectivity index (χ0n) is 12.3. The molecule has 0 saturated heterocycles. The van der Waals surface area contributed by atoms with Crippen molar-refractivity contribution >= 4 is 0 Å². The summed E-state index contributed by atoms with van der Waals surface area (Å²) in [6, 6.07) is 0.813. The lowest BCUT2D eigenvalue weighted by atomic mass is 9.75. The lowest BCUT2D eigenvalue weighted by Crippen LogP contribution is -2.40. The largest absolute Gasteiger partial charge is 0.314 e. The van der Waals surface area contributed by atoms with Crippen LogP contribution in [0, 0.1) is 23.2 Å². The first-order chi connectivity index (χ1) is 8.08. The molecule has 0 heterocycles. The first-order valence-corrected chi connectivity index (χ1v) is 7.81. The van der Waals surface area contributed by atoms with Gasteiger partial charge >= 0.3 is 0 Å². The Hall–Kier alpha value is -0.0400. The highest BCUT2D eigenvalue weighted by atomic mass is 14.9. The normalized spacial score (nSPS) is 37.8. The van der Waals surface area contributed by atoms with Gasteiger partial charge in [0.1, 0.15) is 0 Å². The van der Waals surface area contributed by atoms with Gasteiger partial charge in [-0.2, -0.15) is 0 Å².